The second kappa shape index (κ2) is 11.2. The van der Waals surface area contributed by atoms with Crippen molar-refractivity contribution in [2.24, 2.45) is 4.99 Å². The summed E-state index contributed by atoms with van der Waals surface area (Å²) in [5.74, 6) is 0.494. The van der Waals surface area contributed by atoms with E-state index in [1.165, 1.54) is 11.8 Å². The first-order valence-electron chi connectivity index (χ1n) is 12.5. The molecule has 5 aromatic carbocycles. The van der Waals surface area contributed by atoms with Crippen molar-refractivity contribution in [3.05, 3.63) is 142 Å². The number of hydrogen-bond acceptors (Lipinski definition) is 4. The number of carbonyl (C=O) groups is 1. The smallest absolute Gasteiger partial charge is 0.271 e. The third-order valence-corrected chi connectivity index (χ3v) is 7.53. The van der Waals surface area contributed by atoms with Crippen LogP contribution in [0.15, 0.2) is 131 Å². The number of para-hydroxylation sites is 2. The molecule has 4 nitrogen and oxygen atoms in total. The number of halogens is 1. The molecule has 190 valence electrons. The molecule has 1 heterocycles. The van der Waals surface area contributed by atoms with Gasteiger partial charge in [0.15, 0.2) is 5.17 Å². The summed E-state index contributed by atoms with van der Waals surface area (Å²) in [6.07, 6.45) is 1.83. The zero-order valence-electron chi connectivity index (χ0n) is 20.8. The van der Waals surface area contributed by atoms with Crippen molar-refractivity contribution < 1.29 is 9.53 Å². The maximum absolute atomic E-state index is 13.7. The number of nitrogens with zero attached hydrogens (tertiary/aromatic N) is 2. The van der Waals surface area contributed by atoms with Crippen LogP contribution in [0, 0.1) is 0 Å². The summed E-state index contributed by atoms with van der Waals surface area (Å²) in [5.41, 5.74) is 3.34. The zero-order valence-corrected chi connectivity index (χ0v) is 22.4. The Morgan fingerprint density at radius 3 is 2.36 bits per heavy atom. The quantitative estimate of drug-likeness (QED) is 0.200. The van der Waals surface area contributed by atoms with E-state index in [2.05, 4.69) is 24.3 Å². The van der Waals surface area contributed by atoms with E-state index >= 15 is 0 Å². The van der Waals surface area contributed by atoms with Gasteiger partial charge in [0.1, 0.15) is 12.4 Å². The van der Waals surface area contributed by atoms with Gasteiger partial charge in [-0.25, -0.2) is 4.99 Å². The molecule has 1 aliphatic heterocycles. The highest BCUT2D eigenvalue weighted by atomic mass is 35.5. The molecule has 0 atom stereocenters. The van der Waals surface area contributed by atoms with Gasteiger partial charge in [-0.2, -0.15) is 0 Å². The standard InChI is InChI=1S/C33H23ClN2O2S/c34-26-18-19-30(38-22-24-12-9-11-23-10-7-8-17-29(23)24)25(20-26)21-31-32(37)36(28-15-5-2-6-16-28)33(39-31)35-27-13-3-1-4-14-27/h1-21H,22H2/b31-21+,35-33?. The van der Waals surface area contributed by atoms with Gasteiger partial charge in [-0.1, -0.05) is 90.5 Å². The van der Waals surface area contributed by atoms with Crippen molar-refractivity contribution >= 4 is 62.7 Å². The second-order valence-electron chi connectivity index (χ2n) is 8.93. The molecular weight excluding hydrogens is 524 g/mol. The Balaban J connectivity index is 1.35. The van der Waals surface area contributed by atoms with Crippen molar-refractivity contribution in [2.75, 3.05) is 4.90 Å². The largest absolute Gasteiger partial charge is 0.488 e. The second-order valence-corrected chi connectivity index (χ2v) is 10.4. The molecule has 0 saturated carbocycles. The van der Waals surface area contributed by atoms with Crippen LogP contribution in [-0.2, 0) is 11.4 Å². The number of amides is 1. The number of amidine groups is 1. The van der Waals surface area contributed by atoms with Crippen LogP contribution in [0.3, 0.4) is 0 Å². The predicted molar refractivity (Wildman–Crippen MR) is 163 cm³/mol. The average Bonchev–Trinajstić information content (AvgIpc) is 3.27. The molecule has 1 aliphatic rings. The molecule has 0 N–H and O–H groups in total. The van der Waals surface area contributed by atoms with Gasteiger partial charge >= 0.3 is 0 Å². The molecule has 0 bridgehead atoms. The van der Waals surface area contributed by atoms with Gasteiger partial charge in [-0.3, -0.25) is 9.69 Å². The number of rotatable bonds is 6. The highest BCUT2D eigenvalue weighted by Crippen LogP contribution is 2.39. The van der Waals surface area contributed by atoms with Crippen LogP contribution >= 0.6 is 23.4 Å². The summed E-state index contributed by atoms with van der Waals surface area (Å²) in [7, 11) is 0. The van der Waals surface area contributed by atoms with Crippen molar-refractivity contribution in [3.8, 4) is 5.75 Å². The predicted octanol–water partition coefficient (Wildman–Crippen LogP) is 8.88. The fourth-order valence-electron chi connectivity index (χ4n) is 4.45. The van der Waals surface area contributed by atoms with Gasteiger partial charge in [0, 0.05) is 10.6 Å². The van der Waals surface area contributed by atoms with Crippen molar-refractivity contribution in [2.45, 2.75) is 6.61 Å². The van der Waals surface area contributed by atoms with E-state index in [-0.39, 0.29) is 5.91 Å². The number of thioether (sulfide) groups is 1. The van der Waals surface area contributed by atoms with E-state index in [9.17, 15) is 4.79 Å². The van der Waals surface area contributed by atoms with E-state index in [0.717, 1.165) is 33.3 Å². The lowest BCUT2D eigenvalue weighted by Gasteiger charge is -2.15. The minimum atomic E-state index is -0.152. The Kier molecular flexibility index (Phi) is 7.17. The lowest BCUT2D eigenvalue weighted by Crippen LogP contribution is -2.28. The molecule has 5 aromatic rings. The number of carbonyl (C=O) groups excluding carboxylic acids is 1. The van der Waals surface area contributed by atoms with Crippen LogP contribution in [0.2, 0.25) is 5.02 Å². The van der Waals surface area contributed by atoms with Crippen molar-refractivity contribution in [1.82, 2.24) is 0 Å². The maximum atomic E-state index is 13.7. The number of anilines is 1. The van der Waals surface area contributed by atoms with Gasteiger partial charge in [0.25, 0.3) is 5.91 Å². The van der Waals surface area contributed by atoms with Crippen LogP contribution in [-0.4, -0.2) is 11.1 Å². The minimum absolute atomic E-state index is 0.152. The van der Waals surface area contributed by atoms with Crippen LogP contribution in [0.5, 0.6) is 5.75 Å². The zero-order chi connectivity index (χ0) is 26.6. The summed E-state index contributed by atoms with van der Waals surface area (Å²) in [4.78, 5) is 20.7. The first-order chi connectivity index (χ1) is 19.2. The van der Waals surface area contributed by atoms with Crippen LogP contribution in [0.1, 0.15) is 11.1 Å². The Labute approximate surface area is 236 Å². The maximum Gasteiger partial charge on any atom is 0.271 e. The normalized spacial score (nSPS) is 15.4. The molecule has 6 heteroatoms. The minimum Gasteiger partial charge on any atom is -0.488 e. The Hall–Kier alpha value is -4.32. The van der Waals surface area contributed by atoms with E-state index in [4.69, 9.17) is 21.3 Å². The average molecular weight is 547 g/mol. The third kappa shape index (κ3) is 5.46. The van der Waals surface area contributed by atoms with E-state index < -0.39 is 0 Å². The molecular formula is C33H23ClN2O2S. The SMILES string of the molecule is O=C1/C(=C\c2cc(Cl)ccc2OCc2cccc3ccccc23)SC(=Nc2ccccc2)N1c1ccccc1. The van der Waals surface area contributed by atoms with E-state index in [1.807, 2.05) is 97.1 Å². The summed E-state index contributed by atoms with van der Waals surface area (Å²) in [5, 5.41) is 3.46. The van der Waals surface area contributed by atoms with Crippen molar-refractivity contribution in [3.63, 3.8) is 0 Å². The Morgan fingerprint density at radius 1 is 0.821 bits per heavy atom. The molecule has 1 amide bonds. The van der Waals surface area contributed by atoms with Gasteiger partial charge < -0.3 is 4.74 Å². The van der Waals surface area contributed by atoms with Crippen LogP contribution in [0.4, 0.5) is 11.4 Å². The number of ether oxygens (including phenoxy) is 1. The Bertz CT molecular complexity index is 1710. The van der Waals surface area contributed by atoms with Crippen LogP contribution < -0.4 is 9.64 Å². The topological polar surface area (TPSA) is 41.9 Å². The summed E-state index contributed by atoms with van der Waals surface area (Å²) >= 11 is 7.71. The molecule has 39 heavy (non-hydrogen) atoms. The lowest BCUT2D eigenvalue weighted by atomic mass is 10.1. The molecule has 1 fully saturated rings. The third-order valence-electron chi connectivity index (χ3n) is 6.32. The van der Waals surface area contributed by atoms with Gasteiger partial charge in [-0.15, -0.1) is 0 Å². The fourth-order valence-corrected chi connectivity index (χ4v) is 5.62. The Morgan fingerprint density at radius 2 is 1.54 bits per heavy atom. The molecule has 1 saturated heterocycles. The fraction of sp³-hybridized carbons (Fsp3) is 0.0303. The van der Waals surface area contributed by atoms with E-state index in [1.54, 1.807) is 11.0 Å². The first kappa shape index (κ1) is 25.0. The highest BCUT2D eigenvalue weighted by Gasteiger charge is 2.35. The summed E-state index contributed by atoms with van der Waals surface area (Å²) in [6, 6.07) is 39.1. The van der Waals surface area contributed by atoms with E-state index in [0.29, 0.717) is 27.5 Å². The first-order valence-corrected chi connectivity index (χ1v) is 13.7. The monoisotopic (exact) mass is 546 g/mol. The summed E-state index contributed by atoms with van der Waals surface area (Å²) in [6.45, 7) is 0.386. The molecule has 0 spiro atoms. The molecule has 0 aromatic heterocycles. The molecule has 0 unspecified atom stereocenters. The number of fused-ring (bicyclic) bond motifs is 1. The van der Waals surface area contributed by atoms with Crippen molar-refractivity contribution in [1.29, 1.82) is 0 Å². The highest BCUT2D eigenvalue weighted by molar-refractivity contribution is 8.19. The number of benzene rings is 5. The van der Waals surface area contributed by atoms with Gasteiger partial charge in [0.2, 0.25) is 0 Å². The number of hydrogen-bond donors (Lipinski definition) is 0. The summed E-state index contributed by atoms with van der Waals surface area (Å²) < 4.78 is 6.30. The number of aliphatic imine (C=N–C) groups is 1. The van der Waals surface area contributed by atoms with Crippen LogP contribution in [0.25, 0.3) is 16.8 Å². The molecule has 6 rings (SSSR count). The molecule has 0 aliphatic carbocycles. The van der Waals surface area contributed by atoms with Gasteiger partial charge in [0.05, 0.1) is 16.3 Å². The lowest BCUT2D eigenvalue weighted by molar-refractivity contribution is -0.113. The van der Waals surface area contributed by atoms with Gasteiger partial charge in [-0.05, 0) is 76.6 Å². The molecule has 0 radical (unpaired) electrons.